The van der Waals surface area contributed by atoms with Crippen molar-refractivity contribution >= 4 is 11.6 Å². The summed E-state index contributed by atoms with van der Waals surface area (Å²) in [4.78, 5) is 16.2. The molecule has 3 aromatic rings. The number of carbonyl (C=O) groups excluding carboxylic acids is 1. The lowest BCUT2D eigenvalue weighted by Gasteiger charge is -2.06. The molecule has 0 aliphatic rings. The van der Waals surface area contributed by atoms with Gasteiger partial charge in [-0.15, -0.1) is 0 Å². The lowest BCUT2D eigenvalue weighted by Crippen LogP contribution is -2.13. The molecular weight excluding hydrogens is 283 g/mol. The fraction of sp³-hybridized carbons (Fsp3) is 0.0625. The van der Waals surface area contributed by atoms with Crippen LogP contribution in [0.2, 0.25) is 0 Å². The Labute approximate surface area is 126 Å². The number of nitrogens with one attached hydrogen (secondary N) is 1. The molecule has 2 aromatic heterocycles. The number of nitrogens with zero attached hydrogens (tertiary/aromatic N) is 3. The lowest BCUT2D eigenvalue weighted by atomic mass is 10.2. The first-order valence-electron chi connectivity index (χ1n) is 6.67. The molecule has 0 radical (unpaired) electrons. The van der Waals surface area contributed by atoms with Crippen molar-refractivity contribution in [3.8, 4) is 5.69 Å². The van der Waals surface area contributed by atoms with Gasteiger partial charge in [0.1, 0.15) is 5.82 Å². The Morgan fingerprint density at radius 1 is 1.14 bits per heavy atom. The molecule has 0 spiro atoms. The van der Waals surface area contributed by atoms with Crippen molar-refractivity contribution in [3.63, 3.8) is 0 Å². The van der Waals surface area contributed by atoms with Crippen molar-refractivity contribution in [1.29, 1.82) is 0 Å². The van der Waals surface area contributed by atoms with Gasteiger partial charge in [-0.05, 0) is 43.3 Å². The molecule has 0 unspecified atom stereocenters. The smallest absolute Gasteiger partial charge is 0.259 e. The Bertz CT molecular complexity index is 797. The zero-order valence-electron chi connectivity index (χ0n) is 11.8. The van der Waals surface area contributed by atoms with E-state index in [-0.39, 0.29) is 11.7 Å². The molecule has 0 aliphatic heterocycles. The van der Waals surface area contributed by atoms with Gasteiger partial charge >= 0.3 is 0 Å². The summed E-state index contributed by atoms with van der Waals surface area (Å²) in [5, 5.41) is 6.98. The molecule has 1 N–H and O–H groups in total. The van der Waals surface area contributed by atoms with Crippen LogP contribution >= 0.6 is 0 Å². The van der Waals surface area contributed by atoms with E-state index >= 15 is 0 Å². The van der Waals surface area contributed by atoms with E-state index in [9.17, 15) is 9.18 Å². The Morgan fingerprint density at radius 3 is 2.50 bits per heavy atom. The summed E-state index contributed by atoms with van der Waals surface area (Å²) in [6.45, 7) is 1.79. The Morgan fingerprint density at radius 2 is 1.82 bits per heavy atom. The molecule has 22 heavy (non-hydrogen) atoms. The minimum Gasteiger partial charge on any atom is -0.322 e. The molecule has 0 aliphatic carbocycles. The van der Waals surface area contributed by atoms with Crippen LogP contribution in [0.4, 0.5) is 10.1 Å². The minimum atomic E-state index is -0.316. The summed E-state index contributed by atoms with van der Waals surface area (Å²) in [7, 11) is 0. The fourth-order valence-electron chi connectivity index (χ4n) is 2.11. The first-order valence-corrected chi connectivity index (χ1v) is 6.67. The fourth-order valence-corrected chi connectivity index (χ4v) is 2.11. The van der Waals surface area contributed by atoms with Crippen molar-refractivity contribution < 1.29 is 9.18 Å². The highest BCUT2D eigenvalue weighted by Gasteiger charge is 2.15. The zero-order chi connectivity index (χ0) is 15.5. The van der Waals surface area contributed by atoms with Crippen LogP contribution < -0.4 is 5.32 Å². The lowest BCUT2D eigenvalue weighted by molar-refractivity contribution is 0.102. The molecule has 6 heteroatoms. The van der Waals surface area contributed by atoms with E-state index < -0.39 is 0 Å². The second kappa shape index (κ2) is 5.77. The van der Waals surface area contributed by atoms with Gasteiger partial charge in [-0.3, -0.25) is 9.78 Å². The summed E-state index contributed by atoms with van der Waals surface area (Å²) in [6.07, 6.45) is 4.70. The van der Waals surface area contributed by atoms with Gasteiger partial charge in [0.25, 0.3) is 5.91 Å². The van der Waals surface area contributed by atoms with Crippen molar-refractivity contribution in [2.75, 3.05) is 5.32 Å². The average Bonchev–Trinajstić information content (AvgIpc) is 2.91. The Kier molecular flexibility index (Phi) is 3.65. The first kappa shape index (κ1) is 13.9. The number of aromatic nitrogens is 3. The first-order chi connectivity index (χ1) is 10.6. The second-order valence-corrected chi connectivity index (χ2v) is 4.72. The number of hydrogen-bond donors (Lipinski definition) is 1. The monoisotopic (exact) mass is 296 g/mol. The third kappa shape index (κ3) is 2.71. The van der Waals surface area contributed by atoms with Gasteiger partial charge < -0.3 is 5.32 Å². The number of pyridine rings is 1. The molecule has 0 saturated carbocycles. The third-order valence-corrected chi connectivity index (χ3v) is 3.26. The van der Waals surface area contributed by atoms with E-state index in [1.807, 2.05) is 0 Å². The second-order valence-electron chi connectivity index (χ2n) is 4.72. The number of carbonyl (C=O) groups is 1. The summed E-state index contributed by atoms with van der Waals surface area (Å²) in [5.41, 5.74) is 2.50. The number of amides is 1. The normalized spacial score (nSPS) is 10.5. The van der Waals surface area contributed by atoms with Crippen LogP contribution in [0.3, 0.4) is 0 Å². The highest BCUT2D eigenvalue weighted by Crippen LogP contribution is 2.16. The van der Waals surface area contributed by atoms with E-state index in [2.05, 4.69) is 15.4 Å². The largest absolute Gasteiger partial charge is 0.322 e. The van der Waals surface area contributed by atoms with Crippen molar-refractivity contribution in [2.45, 2.75) is 6.92 Å². The van der Waals surface area contributed by atoms with Crippen LogP contribution in [0.15, 0.2) is 55.0 Å². The molecule has 0 bridgehead atoms. The maximum absolute atomic E-state index is 13.0. The van der Waals surface area contributed by atoms with Gasteiger partial charge in [0.2, 0.25) is 0 Å². The minimum absolute atomic E-state index is 0.253. The molecule has 110 valence electrons. The van der Waals surface area contributed by atoms with E-state index in [1.54, 1.807) is 48.3 Å². The Balaban J connectivity index is 1.87. The van der Waals surface area contributed by atoms with Crippen LogP contribution in [0, 0.1) is 12.7 Å². The van der Waals surface area contributed by atoms with Crippen LogP contribution in [-0.4, -0.2) is 20.7 Å². The number of anilines is 1. The molecule has 2 heterocycles. The summed E-state index contributed by atoms with van der Waals surface area (Å²) in [6, 6.07) is 9.34. The predicted octanol–water partition coefficient (Wildman–Crippen LogP) is 2.97. The summed E-state index contributed by atoms with van der Waals surface area (Å²) in [5.74, 6) is -0.568. The third-order valence-electron chi connectivity index (χ3n) is 3.26. The van der Waals surface area contributed by atoms with Crippen molar-refractivity contribution in [1.82, 2.24) is 14.8 Å². The summed E-state index contributed by atoms with van der Waals surface area (Å²) < 4.78 is 14.6. The number of benzene rings is 1. The van der Waals surface area contributed by atoms with Crippen LogP contribution in [0.1, 0.15) is 16.1 Å². The quantitative estimate of drug-likeness (QED) is 0.808. The average molecular weight is 296 g/mol. The van der Waals surface area contributed by atoms with Crippen LogP contribution in [-0.2, 0) is 0 Å². The highest BCUT2D eigenvalue weighted by atomic mass is 19.1. The zero-order valence-corrected chi connectivity index (χ0v) is 11.8. The van der Waals surface area contributed by atoms with Gasteiger partial charge in [0.15, 0.2) is 0 Å². The molecule has 1 aromatic carbocycles. The van der Waals surface area contributed by atoms with Gasteiger partial charge in [0.05, 0.1) is 23.1 Å². The number of halogens is 1. The molecule has 5 nitrogen and oxygen atoms in total. The maximum Gasteiger partial charge on any atom is 0.259 e. The van der Waals surface area contributed by atoms with Gasteiger partial charge in [-0.1, -0.05) is 0 Å². The van der Waals surface area contributed by atoms with Crippen molar-refractivity contribution in [3.05, 3.63) is 72.1 Å². The van der Waals surface area contributed by atoms with Gasteiger partial charge in [-0.25, -0.2) is 9.07 Å². The predicted molar refractivity (Wildman–Crippen MR) is 80.4 cm³/mol. The van der Waals surface area contributed by atoms with E-state index in [0.29, 0.717) is 22.6 Å². The topological polar surface area (TPSA) is 59.8 Å². The Hall–Kier alpha value is -3.02. The molecule has 1 amide bonds. The summed E-state index contributed by atoms with van der Waals surface area (Å²) >= 11 is 0. The van der Waals surface area contributed by atoms with Crippen LogP contribution in [0.25, 0.3) is 5.69 Å². The van der Waals surface area contributed by atoms with E-state index in [1.165, 1.54) is 18.3 Å². The number of hydrogen-bond acceptors (Lipinski definition) is 3. The standard InChI is InChI=1S/C16H13FN4O/c1-11-15(16(22)20-13-6-8-18-9-7-13)10-19-21(11)14-4-2-12(17)3-5-14/h2-10H,1H3,(H,18,20,22). The molecular formula is C16H13FN4O. The molecule has 0 saturated heterocycles. The molecule has 0 fully saturated rings. The highest BCUT2D eigenvalue weighted by molar-refractivity contribution is 6.04. The SMILES string of the molecule is Cc1c(C(=O)Nc2ccncc2)cnn1-c1ccc(F)cc1. The number of rotatable bonds is 3. The van der Waals surface area contributed by atoms with Crippen LogP contribution in [0.5, 0.6) is 0 Å². The van der Waals surface area contributed by atoms with Crippen molar-refractivity contribution in [2.24, 2.45) is 0 Å². The molecule has 0 atom stereocenters. The van der Waals surface area contributed by atoms with E-state index in [4.69, 9.17) is 0 Å². The van der Waals surface area contributed by atoms with Gasteiger partial charge in [-0.2, -0.15) is 5.10 Å². The maximum atomic E-state index is 13.0. The van der Waals surface area contributed by atoms with E-state index in [0.717, 1.165) is 0 Å². The molecule has 3 rings (SSSR count). The van der Waals surface area contributed by atoms with Gasteiger partial charge in [0, 0.05) is 18.1 Å².